The Morgan fingerprint density at radius 1 is 1.24 bits per heavy atom. The Bertz CT molecular complexity index is 502. The molecule has 0 heterocycles. The minimum Gasteiger partial charge on any atom is -0.480 e. The first-order valence-corrected chi connectivity index (χ1v) is 8.27. The van der Waals surface area contributed by atoms with Crippen LogP contribution in [0.3, 0.4) is 0 Å². The lowest BCUT2D eigenvalue weighted by Crippen LogP contribution is -2.36. The lowest BCUT2D eigenvalue weighted by atomic mass is 9.85. The minimum absolute atomic E-state index is 0.0487. The number of carbonyl (C=O) groups is 2. The zero-order valence-corrected chi connectivity index (χ0v) is 14.7. The lowest BCUT2D eigenvalue weighted by Gasteiger charge is -2.19. The summed E-state index contributed by atoms with van der Waals surface area (Å²) in [5.74, 6) is -2.15. The van der Waals surface area contributed by atoms with E-state index in [9.17, 15) is 19.7 Å². The van der Waals surface area contributed by atoms with Gasteiger partial charge in [-0.15, -0.1) is 0 Å². The van der Waals surface area contributed by atoms with Crippen molar-refractivity contribution in [3.63, 3.8) is 0 Å². The van der Waals surface area contributed by atoms with Gasteiger partial charge < -0.3 is 15.5 Å². The summed E-state index contributed by atoms with van der Waals surface area (Å²) in [7, 11) is 0. The summed E-state index contributed by atoms with van der Waals surface area (Å²) in [5.41, 5.74) is -1.77. The van der Waals surface area contributed by atoms with Crippen molar-refractivity contribution in [1.29, 1.82) is 0 Å². The van der Waals surface area contributed by atoms with Gasteiger partial charge in [0.05, 0.1) is 6.42 Å². The molecule has 9 heteroatoms. The highest BCUT2D eigenvalue weighted by atomic mass is 16.6. The zero-order valence-electron chi connectivity index (χ0n) is 14.7. The molecule has 3 N–H and O–H groups in total. The summed E-state index contributed by atoms with van der Waals surface area (Å²) in [6.45, 7) is 3.40. The number of hydrogen-bond donors (Lipinski definition) is 3. The fourth-order valence-electron chi connectivity index (χ4n) is 1.95. The molecule has 0 fully saturated rings. The van der Waals surface area contributed by atoms with Crippen LogP contribution in [0.1, 0.15) is 52.4 Å². The van der Waals surface area contributed by atoms with E-state index in [-0.39, 0.29) is 19.4 Å². The molecule has 0 bridgehead atoms. The van der Waals surface area contributed by atoms with Gasteiger partial charge in [0.2, 0.25) is 6.54 Å². The summed E-state index contributed by atoms with van der Waals surface area (Å²) >= 11 is 0. The number of aliphatic imine (C=N–C) groups is 1. The second-order valence-electron chi connectivity index (χ2n) is 5.84. The number of nitrogens with one attached hydrogen (secondary N) is 1. The predicted octanol–water partition coefficient (Wildman–Crippen LogP) is 2.30. The molecule has 142 valence electrons. The number of nitrogens with zero attached hydrogens (tertiary/aromatic N) is 2. The van der Waals surface area contributed by atoms with E-state index < -0.39 is 22.3 Å². The quantitative estimate of drug-likeness (QED) is 0.115. The minimum atomic E-state index is -1.77. The number of rotatable bonds is 13. The van der Waals surface area contributed by atoms with Crippen LogP contribution in [-0.4, -0.2) is 46.0 Å². The summed E-state index contributed by atoms with van der Waals surface area (Å²) < 4.78 is 0. The van der Waals surface area contributed by atoms with Gasteiger partial charge in [0.15, 0.2) is 5.41 Å². The van der Waals surface area contributed by atoms with E-state index in [0.29, 0.717) is 31.6 Å². The number of aliphatic carboxylic acids is 2. The molecule has 0 aromatic carbocycles. The van der Waals surface area contributed by atoms with E-state index in [4.69, 9.17) is 10.2 Å². The molecule has 0 amide bonds. The van der Waals surface area contributed by atoms with Crippen molar-refractivity contribution < 1.29 is 24.7 Å². The third-order valence-electron chi connectivity index (χ3n) is 3.72. The first kappa shape index (κ1) is 22.6. The summed E-state index contributed by atoms with van der Waals surface area (Å²) in [4.78, 5) is 36.5. The molecule has 0 aliphatic rings. The fourth-order valence-corrected chi connectivity index (χ4v) is 1.95. The van der Waals surface area contributed by atoms with Crippen molar-refractivity contribution in [2.75, 3.05) is 13.1 Å². The van der Waals surface area contributed by atoms with Gasteiger partial charge in [-0.3, -0.25) is 24.7 Å². The first-order chi connectivity index (χ1) is 11.7. The molecule has 0 radical (unpaired) electrons. The molecule has 0 aliphatic heterocycles. The van der Waals surface area contributed by atoms with Gasteiger partial charge in [-0.2, -0.15) is 0 Å². The molecular weight excluding hydrogens is 330 g/mol. The molecule has 0 saturated heterocycles. The smallest absolute Gasteiger partial charge is 0.320 e. The predicted molar refractivity (Wildman–Crippen MR) is 93.2 cm³/mol. The lowest BCUT2D eigenvalue weighted by molar-refractivity contribution is -0.478. The number of carboxylic acids is 2. The van der Waals surface area contributed by atoms with E-state index in [1.54, 1.807) is 6.20 Å². The van der Waals surface area contributed by atoms with Crippen LogP contribution in [0.5, 0.6) is 0 Å². The molecule has 0 saturated carbocycles. The maximum Gasteiger partial charge on any atom is 0.320 e. The van der Waals surface area contributed by atoms with Gasteiger partial charge >= 0.3 is 11.9 Å². The molecule has 0 aromatic rings. The van der Waals surface area contributed by atoms with Crippen LogP contribution in [0.15, 0.2) is 17.3 Å². The number of carboxylic acid groups (broad SMARTS) is 2. The first-order valence-electron chi connectivity index (χ1n) is 8.27. The highest BCUT2D eigenvalue weighted by Gasteiger charge is 2.40. The van der Waals surface area contributed by atoms with Crippen LogP contribution in [0, 0.1) is 15.5 Å². The maximum absolute atomic E-state index is 11.1. The Morgan fingerprint density at radius 2 is 1.88 bits per heavy atom. The number of allylic oxidation sites excluding steroid dienone is 1. The standard InChI is InChI=1S/C16H27N3O6/c1-3-4-10-17-13(8-12-19(24)25)18-11-7-5-6-9-16(2,14(20)21)15(22)23/h4,10H,3,5-9,11-12H2,1-2H3,(H,17,18)(H,20,21)(H,22,23)/b10-4-. The van der Waals surface area contributed by atoms with Gasteiger partial charge in [0, 0.05) is 11.5 Å². The van der Waals surface area contributed by atoms with Crippen molar-refractivity contribution >= 4 is 17.8 Å². The van der Waals surface area contributed by atoms with Crippen molar-refractivity contribution in [2.45, 2.75) is 52.4 Å². The van der Waals surface area contributed by atoms with Gasteiger partial charge in [0.1, 0.15) is 5.84 Å². The third-order valence-corrected chi connectivity index (χ3v) is 3.72. The maximum atomic E-state index is 11.1. The van der Waals surface area contributed by atoms with Crippen LogP contribution < -0.4 is 5.32 Å². The fraction of sp³-hybridized carbons (Fsp3) is 0.688. The van der Waals surface area contributed by atoms with Crippen LogP contribution >= 0.6 is 0 Å². The number of hydrogen-bond acceptors (Lipinski definition) is 5. The molecule has 0 aliphatic carbocycles. The second-order valence-corrected chi connectivity index (χ2v) is 5.84. The Hall–Kier alpha value is -2.45. The van der Waals surface area contributed by atoms with Crippen LogP contribution in [0.2, 0.25) is 0 Å². The van der Waals surface area contributed by atoms with Crippen molar-refractivity contribution in [3.05, 3.63) is 22.4 Å². The normalized spacial score (nSPS) is 12.3. The average molecular weight is 357 g/mol. The largest absolute Gasteiger partial charge is 0.480 e. The molecule has 25 heavy (non-hydrogen) atoms. The molecule has 0 aromatic heterocycles. The molecule has 0 unspecified atom stereocenters. The monoisotopic (exact) mass is 357 g/mol. The Labute approximate surface area is 147 Å². The van der Waals surface area contributed by atoms with Gasteiger partial charge in [-0.25, -0.2) is 0 Å². The Kier molecular flexibility index (Phi) is 10.8. The summed E-state index contributed by atoms with van der Waals surface area (Å²) in [6, 6.07) is 0. The van der Waals surface area contributed by atoms with Gasteiger partial charge in [-0.05, 0) is 32.4 Å². The molecule has 9 nitrogen and oxygen atoms in total. The Balaban J connectivity index is 4.34. The SMILES string of the molecule is CC/C=C\NC(CC[N+](=O)[O-])=NCCCCCC(C)(C(=O)O)C(=O)O. The van der Waals surface area contributed by atoms with E-state index in [0.717, 1.165) is 6.42 Å². The topological polar surface area (TPSA) is 142 Å². The van der Waals surface area contributed by atoms with Crippen molar-refractivity contribution in [3.8, 4) is 0 Å². The molecule has 0 atom stereocenters. The average Bonchev–Trinajstić information content (AvgIpc) is 2.54. The number of unbranched alkanes of at least 4 members (excludes halogenated alkanes) is 2. The molecule has 0 rings (SSSR count). The van der Waals surface area contributed by atoms with E-state index in [2.05, 4.69) is 10.3 Å². The molecule has 0 spiro atoms. The van der Waals surface area contributed by atoms with Gasteiger partial charge in [0.25, 0.3) is 0 Å². The van der Waals surface area contributed by atoms with Crippen molar-refractivity contribution in [1.82, 2.24) is 5.32 Å². The number of nitro groups is 1. The highest BCUT2D eigenvalue weighted by Crippen LogP contribution is 2.25. The summed E-state index contributed by atoms with van der Waals surface area (Å²) in [5, 5.41) is 31.4. The molecular formula is C16H27N3O6. The number of amidine groups is 1. The highest BCUT2D eigenvalue weighted by molar-refractivity contribution is 5.97. The van der Waals surface area contributed by atoms with Crippen LogP contribution in [0.25, 0.3) is 0 Å². The third kappa shape index (κ3) is 9.43. The zero-order chi connectivity index (χ0) is 19.3. The van der Waals surface area contributed by atoms with Crippen molar-refractivity contribution in [2.24, 2.45) is 10.4 Å². The van der Waals surface area contributed by atoms with E-state index in [1.807, 2.05) is 13.0 Å². The second kappa shape index (κ2) is 12.0. The van der Waals surface area contributed by atoms with Crippen LogP contribution in [-0.2, 0) is 9.59 Å². The summed E-state index contributed by atoms with van der Waals surface area (Å²) in [6.07, 6.45) is 6.40. The van der Waals surface area contributed by atoms with E-state index in [1.165, 1.54) is 6.92 Å². The van der Waals surface area contributed by atoms with E-state index >= 15 is 0 Å². The Morgan fingerprint density at radius 3 is 2.40 bits per heavy atom. The van der Waals surface area contributed by atoms with Gasteiger partial charge in [-0.1, -0.05) is 25.8 Å². The van der Waals surface area contributed by atoms with Crippen LogP contribution in [0.4, 0.5) is 0 Å².